The van der Waals surface area contributed by atoms with Crippen LogP contribution in [0.4, 0.5) is 0 Å². The lowest BCUT2D eigenvalue weighted by molar-refractivity contribution is -0.139. The molecule has 2 rings (SSSR count). The average Bonchev–Trinajstić information content (AvgIpc) is 2.60. The summed E-state index contributed by atoms with van der Waals surface area (Å²) in [6.07, 6.45) is 11.4. The number of rotatable bonds is 6. The molecule has 0 saturated heterocycles. The molecule has 4 nitrogen and oxygen atoms in total. The van der Waals surface area contributed by atoms with E-state index in [2.05, 4.69) is 0 Å². The third-order valence-electron chi connectivity index (χ3n) is 5.17. The Morgan fingerprint density at radius 2 is 1.29 bits per heavy atom. The van der Waals surface area contributed by atoms with Crippen molar-refractivity contribution < 1.29 is 19.4 Å². The van der Waals surface area contributed by atoms with E-state index < -0.39 is 5.97 Å². The highest BCUT2D eigenvalue weighted by Crippen LogP contribution is 2.32. The molecule has 0 bridgehead atoms. The fourth-order valence-electron chi connectivity index (χ4n) is 3.89. The molecule has 2 aliphatic rings. The first-order valence-corrected chi connectivity index (χ1v) is 9.45. The van der Waals surface area contributed by atoms with Gasteiger partial charge in [-0.15, -0.1) is 0 Å². The van der Waals surface area contributed by atoms with Crippen molar-refractivity contribution in [1.29, 1.82) is 0 Å². The Labute approximate surface area is 145 Å². The molecule has 2 aliphatic carbocycles. The van der Waals surface area contributed by atoms with Crippen molar-refractivity contribution in [2.24, 2.45) is 0 Å². The molecular weight excluding hydrogens is 304 g/mol. The van der Waals surface area contributed by atoms with Crippen LogP contribution in [0, 0.1) is 0 Å². The summed E-state index contributed by atoms with van der Waals surface area (Å²) in [5, 5.41) is 9.60. The molecule has 2 fully saturated rings. The number of hydrogen-bond acceptors (Lipinski definition) is 3. The second-order valence-corrected chi connectivity index (χ2v) is 6.81. The maximum atomic E-state index is 12.4. The molecule has 4 heteroatoms. The van der Waals surface area contributed by atoms with E-state index >= 15 is 0 Å². The van der Waals surface area contributed by atoms with Crippen molar-refractivity contribution >= 4 is 11.9 Å². The van der Waals surface area contributed by atoms with Gasteiger partial charge in [-0.05, 0) is 71.1 Å². The first kappa shape index (κ1) is 18.8. The van der Waals surface area contributed by atoms with Gasteiger partial charge in [0.05, 0.1) is 6.61 Å². The number of hydrogen-bond donors (Lipinski definition) is 1. The topological polar surface area (TPSA) is 63.6 Å². The minimum absolute atomic E-state index is 0.243. The first-order valence-electron chi connectivity index (χ1n) is 9.45. The Morgan fingerprint density at radius 3 is 1.75 bits per heavy atom. The van der Waals surface area contributed by atoms with Crippen LogP contribution in [0.3, 0.4) is 0 Å². The van der Waals surface area contributed by atoms with Crippen molar-refractivity contribution in [3.63, 3.8) is 0 Å². The molecule has 0 aromatic heterocycles. The molecule has 0 aromatic rings. The van der Waals surface area contributed by atoms with Gasteiger partial charge in [0, 0.05) is 11.1 Å². The van der Waals surface area contributed by atoms with Gasteiger partial charge in [-0.2, -0.15) is 0 Å². The van der Waals surface area contributed by atoms with Crippen molar-refractivity contribution in [3.8, 4) is 0 Å². The lowest BCUT2D eigenvalue weighted by Gasteiger charge is -2.20. The zero-order valence-electron chi connectivity index (χ0n) is 14.9. The Bertz CT molecular complexity index is 512. The number of carbonyl (C=O) groups excluding carboxylic acids is 1. The van der Waals surface area contributed by atoms with Crippen LogP contribution in [-0.2, 0) is 14.3 Å². The SMILES string of the molecule is CCOC(=O)C(CCC(C(=O)O)=C1CCCCC1)=C1CCCCC1. The monoisotopic (exact) mass is 334 g/mol. The number of esters is 1. The fraction of sp³-hybridized carbons (Fsp3) is 0.700. The van der Waals surface area contributed by atoms with Crippen LogP contribution in [0.1, 0.15) is 84.0 Å². The molecule has 0 radical (unpaired) electrons. The summed E-state index contributed by atoms with van der Waals surface area (Å²) in [6.45, 7) is 2.18. The molecule has 24 heavy (non-hydrogen) atoms. The van der Waals surface area contributed by atoms with Crippen LogP contribution in [0.25, 0.3) is 0 Å². The van der Waals surface area contributed by atoms with Crippen LogP contribution in [-0.4, -0.2) is 23.7 Å². The lowest BCUT2D eigenvalue weighted by Crippen LogP contribution is -2.14. The van der Waals surface area contributed by atoms with Gasteiger partial charge in [0.2, 0.25) is 0 Å². The Kier molecular flexibility index (Phi) is 7.54. The van der Waals surface area contributed by atoms with E-state index in [4.69, 9.17) is 4.74 Å². The largest absolute Gasteiger partial charge is 0.478 e. The predicted octanol–water partition coefficient (Wildman–Crippen LogP) is 4.94. The van der Waals surface area contributed by atoms with Crippen LogP contribution in [0.2, 0.25) is 0 Å². The van der Waals surface area contributed by atoms with Gasteiger partial charge in [0.15, 0.2) is 0 Å². The van der Waals surface area contributed by atoms with E-state index in [1.165, 1.54) is 18.4 Å². The molecule has 0 atom stereocenters. The number of aliphatic carboxylic acids is 1. The third kappa shape index (κ3) is 5.22. The summed E-state index contributed by atoms with van der Waals surface area (Å²) < 4.78 is 5.24. The minimum atomic E-state index is -0.816. The van der Waals surface area contributed by atoms with Gasteiger partial charge < -0.3 is 9.84 Å². The van der Waals surface area contributed by atoms with Crippen molar-refractivity contribution in [3.05, 3.63) is 22.3 Å². The van der Waals surface area contributed by atoms with Gasteiger partial charge in [-0.1, -0.05) is 24.0 Å². The molecule has 0 aliphatic heterocycles. The number of carboxylic acids is 1. The summed E-state index contributed by atoms with van der Waals surface area (Å²) in [5.74, 6) is -1.06. The summed E-state index contributed by atoms with van der Waals surface area (Å²) in [4.78, 5) is 24.1. The highest BCUT2D eigenvalue weighted by atomic mass is 16.5. The first-order chi connectivity index (χ1) is 11.6. The van der Waals surface area contributed by atoms with Gasteiger partial charge in [0.1, 0.15) is 0 Å². The highest BCUT2D eigenvalue weighted by Gasteiger charge is 2.22. The van der Waals surface area contributed by atoms with Crippen molar-refractivity contribution in [2.75, 3.05) is 6.61 Å². The Morgan fingerprint density at radius 1 is 0.833 bits per heavy atom. The summed E-state index contributed by atoms with van der Waals surface area (Å²) in [5.41, 5.74) is 3.56. The number of carbonyl (C=O) groups is 2. The summed E-state index contributed by atoms with van der Waals surface area (Å²) in [7, 11) is 0. The Balaban J connectivity index is 2.16. The fourth-order valence-corrected chi connectivity index (χ4v) is 3.89. The lowest BCUT2D eigenvalue weighted by atomic mass is 9.86. The van der Waals surface area contributed by atoms with Crippen LogP contribution >= 0.6 is 0 Å². The molecule has 0 amide bonds. The van der Waals surface area contributed by atoms with E-state index in [0.717, 1.165) is 62.5 Å². The van der Waals surface area contributed by atoms with E-state index in [9.17, 15) is 14.7 Å². The zero-order chi connectivity index (χ0) is 17.4. The maximum absolute atomic E-state index is 12.4. The quantitative estimate of drug-likeness (QED) is 0.552. The van der Waals surface area contributed by atoms with Gasteiger partial charge in [-0.25, -0.2) is 9.59 Å². The average molecular weight is 334 g/mol. The van der Waals surface area contributed by atoms with Crippen LogP contribution in [0.15, 0.2) is 22.3 Å². The zero-order valence-corrected chi connectivity index (χ0v) is 14.9. The second-order valence-electron chi connectivity index (χ2n) is 6.81. The molecule has 0 spiro atoms. The van der Waals surface area contributed by atoms with Gasteiger partial charge >= 0.3 is 11.9 Å². The van der Waals surface area contributed by atoms with Gasteiger partial charge in [0.25, 0.3) is 0 Å². The third-order valence-corrected chi connectivity index (χ3v) is 5.17. The standard InChI is InChI=1S/C20H30O4/c1-2-24-20(23)18(16-11-7-4-8-12-16)14-13-17(19(21)22)15-9-5-3-6-10-15/h2-14H2,1H3,(H,21,22). The molecule has 134 valence electrons. The molecule has 2 saturated carbocycles. The molecule has 0 aromatic carbocycles. The van der Waals surface area contributed by atoms with Crippen LogP contribution in [0.5, 0.6) is 0 Å². The minimum Gasteiger partial charge on any atom is -0.478 e. The summed E-state index contributed by atoms with van der Waals surface area (Å²) in [6, 6.07) is 0. The highest BCUT2D eigenvalue weighted by molar-refractivity contribution is 5.91. The number of carboxylic acid groups (broad SMARTS) is 1. The maximum Gasteiger partial charge on any atom is 0.333 e. The number of allylic oxidation sites excluding steroid dienone is 2. The van der Waals surface area contributed by atoms with E-state index in [-0.39, 0.29) is 5.97 Å². The van der Waals surface area contributed by atoms with Crippen LogP contribution < -0.4 is 0 Å². The summed E-state index contributed by atoms with van der Waals surface area (Å²) >= 11 is 0. The smallest absolute Gasteiger partial charge is 0.333 e. The van der Waals surface area contributed by atoms with Gasteiger partial charge in [-0.3, -0.25) is 0 Å². The molecule has 0 unspecified atom stereocenters. The second kappa shape index (κ2) is 9.65. The van der Waals surface area contributed by atoms with E-state index in [1.807, 2.05) is 6.92 Å². The normalized spacial score (nSPS) is 18.2. The van der Waals surface area contributed by atoms with E-state index in [1.54, 1.807) is 0 Å². The predicted molar refractivity (Wildman–Crippen MR) is 93.7 cm³/mol. The molecule has 1 N–H and O–H groups in total. The number of ether oxygens (including phenoxy) is 1. The van der Waals surface area contributed by atoms with Crippen molar-refractivity contribution in [2.45, 2.75) is 84.0 Å². The molecular formula is C20H30O4. The van der Waals surface area contributed by atoms with E-state index in [0.29, 0.717) is 25.0 Å². The molecule has 0 heterocycles. The Hall–Kier alpha value is -1.58. The van der Waals surface area contributed by atoms with Crippen molar-refractivity contribution in [1.82, 2.24) is 0 Å².